The number of carboxylic acid groups (broad SMARTS) is 1. The smallest absolute Gasteiger partial charge is 0.356 e. The summed E-state index contributed by atoms with van der Waals surface area (Å²) in [6.07, 6.45) is 10.7. The minimum absolute atomic E-state index is 0.0136. The monoisotopic (exact) mass is 273 g/mol. The highest BCUT2D eigenvalue weighted by atomic mass is 16.4. The summed E-state index contributed by atoms with van der Waals surface area (Å²) < 4.78 is 0. The Morgan fingerprint density at radius 1 is 1.15 bits per heavy atom. The van der Waals surface area contributed by atoms with Crippen LogP contribution in [0.5, 0.6) is 0 Å². The molecule has 4 saturated carbocycles. The second-order valence-corrected chi connectivity index (χ2v) is 6.92. The van der Waals surface area contributed by atoms with Gasteiger partial charge in [0.05, 0.1) is 12.4 Å². The zero-order chi connectivity index (χ0) is 13.7. The summed E-state index contributed by atoms with van der Waals surface area (Å²) >= 11 is 0. The zero-order valence-electron chi connectivity index (χ0n) is 11.4. The van der Waals surface area contributed by atoms with Crippen LogP contribution in [0.25, 0.3) is 0 Å². The topological polar surface area (TPSA) is 75.1 Å². The van der Waals surface area contributed by atoms with Crippen LogP contribution in [-0.2, 0) is 0 Å². The Morgan fingerprint density at radius 2 is 1.75 bits per heavy atom. The Morgan fingerprint density at radius 3 is 2.30 bits per heavy atom. The Hall–Kier alpha value is -1.65. The van der Waals surface area contributed by atoms with E-state index in [1.165, 1.54) is 44.7 Å². The summed E-state index contributed by atoms with van der Waals surface area (Å²) in [6.45, 7) is 0. The largest absolute Gasteiger partial charge is 0.476 e. The third kappa shape index (κ3) is 1.96. The highest BCUT2D eigenvalue weighted by Crippen LogP contribution is 2.56. The molecule has 0 atom stereocenters. The van der Waals surface area contributed by atoms with Gasteiger partial charge in [-0.05, 0) is 56.3 Å². The van der Waals surface area contributed by atoms with Crippen LogP contribution in [0.3, 0.4) is 0 Å². The first-order chi connectivity index (χ1) is 9.62. The summed E-state index contributed by atoms with van der Waals surface area (Å²) in [4.78, 5) is 19.2. The van der Waals surface area contributed by atoms with E-state index < -0.39 is 5.97 Å². The SMILES string of the molecule is O=C(O)c1cncc(NC23CC4CC(CC(C4)C2)C3)n1. The Balaban J connectivity index is 1.59. The average Bonchev–Trinajstić information content (AvgIpc) is 2.36. The highest BCUT2D eigenvalue weighted by Gasteiger charge is 2.51. The van der Waals surface area contributed by atoms with Crippen molar-refractivity contribution < 1.29 is 9.90 Å². The van der Waals surface area contributed by atoms with Crippen molar-refractivity contribution in [1.29, 1.82) is 0 Å². The third-order valence-electron chi connectivity index (χ3n) is 5.29. The zero-order valence-corrected chi connectivity index (χ0v) is 11.4. The summed E-state index contributed by atoms with van der Waals surface area (Å²) in [5.41, 5.74) is 0.153. The number of hydrogen-bond donors (Lipinski definition) is 2. The fourth-order valence-corrected chi connectivity index (χ4v) is 5.06. The second-order valence-electron chi connectivity index (χ2n) is 6.92. The predicted molar refractivity (Wildman–Crippen MR) is 73.5 cm³/mol. The van der Waals surface area contributed by atoms with E-state index in [2.05, 4.69) is 15.3 Å². The molecule has 0 aliphatic heterocycles. The van der Waals surface area contributed by atoms with E-state index in [1.54, 1.807) is 6.20 Å². The fourth-order valence-electron chi connectivity index (χ4n) is 5.06. The third-order valence-corrected chi connectivity index (χ3v) is 5.29. The molecule has 1 aromatic rings. The van der Waals surface area contributed by atoms with Gasteiger partial charge in [0.25, 0.3) is 0 Å². The van der Waals surface area contributed by atoms with Crippen molar-refractivity contribution >= 4 is 11.8 Å². The van der Waals surface area contributed by atoms with Crippen LogP contribution in [0.15, 0.2) is 12.4 Å². The van der Waals surface area contributed by atoms with Gasteiger partial charge in [-0.3, -0.25) is 4.98 Å². The minimum atomic E-state index is -1.02. The second kappa shape index (κ2) is 4.17. The van der Waals surface area contributed by atoms with E-state index in [4.69, 9.17) is 5.11 Å². The first kappa shape index (κ1) is 12.1. The molecular formula is C15H19N3O2. The van der Waals surface area contributed by atoms with Gasteiger partial charge in [0.15, 0.2) is 5.69 Å². The quantitative estimate of drug-likeness (QED) is 0.885. The van der Waals surface area contributed by atoms with E-state index >= 15 is 0 Å². The number of rotatable bonds is 3. The van der Waals surface area contributed by atoms with Crippen LogP contribution >= 0.6 is 0 Å². The number of nitrogens with one attached hydrogen (secondary N) is 1. The molecule has 0 saturated heterocycles. The van der Waals surface area contributed by atoms with Crippen LogP contribution in [0.1, 0.15) is 49.0 Å². The summed E-state index contributed by atoms with van der Waals surface area (Å²) in [6, 6.07) is 0. The summed E-state index contributed by atoms with van der Waals surface area (Å²) in [5, 5.41) is 12.6. The molecule has 0 unspecified atom stereocenters. The molecular weight excluding hydrogens is 254 g/mol. The van der Waals surface area contributed by atoms with Crippen molar-refractivity contribution in [3.05, 3.63) is 18.1 Å². The first-order valence-electron chi connectivity index (χ1n) is 7.45. The number of carbonyl (C=O) groups is 1. The normalized spacial score (nSPS) is 37.9. The van der Waals surface area contributed by atoms with Gasteiger partial charge >= 0.3 is 5.97 Å². The molecule has 5 nitrogen and oxygen atoms in total. The van der Waals surface area contributed by atoms with Gasteiger partial charge in [0, 0.05) is 5.54 Å². The molecule has 0 aromatic carbocycles. The Bertz CT molecular complexity index is 523. The van der Waals surface area contributed by atoms with Crippen molar-refractivity contribution in [2.75, 3.05) is 5.32 Å². The number of hydrogen-bond acceptors (Lipinski definition) is 4. The lowest BCUT2D eigenvalue weighted by atomic mass is 9.53. The molecule has 4 aliphatic rings. The lowest BCUT2D eigenvalue weighted by molar-refractivity contribution is 0.0105. The molecule has 20 heavy (non-hydrogen) atoms. The molecule has 4 bridgehead atoms. The van der Waals surface area contributed by atoms with E-state index in [9.17, 15) is 4.79 Å². The van der Waals surface area contributed by atoms with Crippen molar-refractivity contribution in [2.24, 2.45) is 17.8 Å². The van der Waals surface area contributed by atoms with Gasteiger partial charge in [-0.1, -0.05) is 0 Å². The van der Waals surface area contributed by atoms with Crippen molar-refractivity contribution in [1.82, 2.24) is 9.97 Å². The summed E-state index contributed by atoms with van der Waals surface area (Å²) in [7, 11) is 0. The van der Waals surface area contributed by atoms with E-state index in [0.717, 1.165) is 17.8 Å². The van der Waals surface area contributed by atoms with Crippen molar-refractivity contribution in [3.8, 4) is 0 Å². The van der Waals surface area contributed by atoms with Crippen LogP contribution in [0.4, 0.5) is 5.82 Å². The Labute approximate surface area is 117 Å². The van der Waals surface area contributed by atoms with E-state index in [1.807, 2.05) is 0 Å². The van der Waals surface area contributed by atoms with Gasteiger partial charge in [-0.2, -0.15) is 0 Å². The van der Waals surface area contributed by atoms with Crippen LogP contribution in [0.2, 0.25) is 0 Å². The van der Waals surface area contributed by atoms with Gasteiger partial charge in [-0.25, -0.2) is 9.78 Å². The maximum absolute atomic E-state index is 11.0. The average molecular weight is 273 g/mol. The predicted octanol–water partition coefficient (Wildman–Crippen LogP) is 2.56. The van der Waals surface area contributed by atoms with Crippen molar-refractivity contribution in [3.63, 3.8) is 0 Å². The standard InChI is InChI=1S/C15H19N3O2/c19-14(20)12-7-16-8-13(17-12)18-15-4-9-1-10(5-15)3-11(2-9)6-15/h7-11H,1-6H2,(H,17,18)(H,19,20). The summed E-state index contributed by atoms with van der Waals surface area (Å²) in [5.74, 6) is 2.15. The number of carboxylic acids is 1. The number of aromatic nitrogens is 2. The number of nitrogens with zero attached hydrogens (tertiary/aromatic N) is 2. The van der Waals surface area contributed by atoms with Crippen LogP contribution in [0, 0.1) is 17.8 Å². The molecule has 4 aliphatic carbocycles. The molecule has 1 heterocycles. The maximum atomic E-state index is 11.0. The maximum Gasteiger partial charge on any atom is 0.356 e. The molecule has 0 spiro atoms. The van der Waals surface area contributed by atoms with Crippen LogP contribution < -0.4 is 5.32 Å². The lowest BCUT2D eigenvalue weighted by Gasteiger charge is -2.57. The molecule has 5 heteroatoms. The fraction of sp³-hybridized carbons (Fsp3) is 0.667. The minimum Gasteiger partial charge on any atom is -0.476 e. The van der Waals surface area contributed by atoms with Gasteiger partial charge < -0.3 is 10.4 Å². The highest BCUT2D eigenvalue weighted by molar-refractivity contribution is 5.85. The lowest BCUT2D eigenvalue weighted by Crippen LogP contribution is -2.54. The van der Waals surface area contributed by atoms with E-state index in [-0.39, 0.29) is 11.2 Å². The molecule has 1 aromatic heterocycles. The van der Waals surface area contributed by atoms with Gasteiger partial charge in [0.2, 0.25) is 0 Å². The molecule has 5 rings (SSSR count). The van der Waals surface area contributed by atoms with Crippen molar-refractivity contribution in [2.45, 2.75) is 44.1 Å². The van der Waals surface area contributed by atoms with Crippen LogP contribution in [-0.4, -0.2) is 26.6 Å². The molecule has 2 N–H and O–H groups in total. The molecule has 106 valence electrons. The van der Waals surface area contributed by atoms with Gasteiger partial charge in [0.1, 0.15) is 5.82 Å². The molecule has 0 amide bonds. The van der Waals surface area contributed by atoms with Gasteiger partial charge in [-0.15, -0.1) is 0 Å². The molecule has 4 fully saturated rings. The first-order valence-corrected chi connectivity index (χ1v) is 7.45. The number of anilines is 1. The van der Waals surface area contributed by atoms with E-state index in [0.29, 0.717) is 5.82 Å². The molecule has 0 radical (unpaired) electrons. The number of aromatic carboxylic acids is 1. The Kier molecular flexibility index (Phi) is 2.53.